The molecule has 0 amide bonds. The van der Waals surface area contributed by atoms with Crippen molar-refractivity contribution in [1.29, 1.82) is 0 Å². The topological polar surface area (TPSA) is 55.0 Å². The summed E-state index contributed by atoms with van der Waals surface area (Å²) in [7, 11) is 0. The van der Waals surface area contributed by atoms with Crippen LogP contribution in [0.3, 0.4) is 0 Å². The number of rotatable bonds is 5. The summed E-state index contributed by atoms with van der Waals surface area (Å²) in [6.45, 7) is 2.75. The summed E-state index contributed by atoms with van der Waals surface area (Å²) < 4.78 is 5.68. The second-order valence-electron chi connectivity index (χ2n) is 5.32. The SMILES string of the molecule is CCCCOc1ccc2c(-c3cccc(Cl)c3)n[nH]c(=O)c2c1. The minimum absolute atomic E-state index is 0.230. The van der Waals surface area contributed by atoms with Crippen LogP contribution >= 0.6 is 11.6 Å². The molecule has 1 N–H and O–H groups in total. The molecule has 5 heteroatoms. The number of halogens is 1. The molecule has 0 aliphatic carbocycles. The summed E-state index contributed by atoms with van der Waals surface area (Å²) in [5.41, 5.74) is 1.33. The molecule has 118 valence electrons. The Bertz CT molecular complexity index is 890. The molecule has 2 aromatic carbocycles. The number of aromatic nitrogens is 2. The summed E-state index contributed by atoms with van der Waals surface area (Å²) >= 11 is 6.05. The first kappa shape index (κ1) is 15.6. The number of aromatic amines is 1. The van der Waals surface area contributed by atoms with E-state index in [1.165, 1.54) is 0 Å². The van der Waals surface area contributed by atoms with Gasteiger partial charge in [-0.1, -0.05) is 37.1 Å². The van der Waals surface area contributed by atoms with E-state index in [9.17, 15) is 4.79 Å². The lowest BCUT2D eigenvalue weighted by molar-refractivity contribution is 0.310. The van der Waals surface area contributed by atoms with Gasteiger partial charge in [0.15, 0.2) is 0 Å². The lowest BCUT2D eigenvalue weighted by Gasteiger charge is -2.09. The first-order valence-corrected chi connectivity index (χ1v) is 7.98. The predicted molar refractivity (Wildman–Crippen MR) is 93.2 cm³/mol. The van der Waals surface area contributed by atoms with Crippen molar-refractivity contribution in [2.24, 2.45) is 0 Å². The highest BCUT2D eigenvalue weighted by Gasteiger charge is 2.10. The lowest BCUT2D eigenvalue weighted by atomic mass is 10.0. The fourth-order valence-corrected chi connectivity index (χ4v) is 2.62. The van der Waals surface area contributed by atoms with E-state index in [0.29, 0.717) is 28.5 Å². The van der Waals surface area contributed by atoms with E-state index in [2.05, 4.69) is 17.1 Å². The van der Waals surface area contributed by atoms with E-state index >= 15 is 0 Å². The van der Waals surface area contributed by atoms with E-state index < -0.39 is 0 Å². The molecule has 1 heterocycles. The van der Waals surface area contributed by atoms with Crippen LogP contribution < -0.4 is 10.3 Å². The quantitative estimate of drug-likeness (QED) is 0.705. The molecule has 4 nitrogen and oxygen atoms in total. The van der Waals surface area contributed by atoms with Crippen LogP contribution in [-0.4, -0.2) is 16.8 Å². The Labute approximate surface area is 139 Å². The highest BCUT2D eigenvalue weighted by molar-refractivity contribution is 6.30. The monoisotopic (exact) mass is 328 g/mol. The van der Waals surface area contributed by atoms with Gasteiger partial charge in [-0.25, -0.2) is 5.10 Å². The third-order valence-electron chi connectivity index (χ3n) is 3.62. The fourth-order valence-electron chi connectivity index (χ4n) is 2.42. The molecule has 0 aliphatic rings. The van der Waals surface area contributed by atoms with Crippen molar-refractivity contribution in [1.82, 2.24) is 10.2 Å². The second-order valence-corrected chi connectivity index (χ2v) is 5.76. The Hall–Kier alpha value is -2.33. The Morgan fingerprint density at radius 3 is 2.83 bits per heavy atom. The molecule has 0 saturated carbocycles. The number of nitrogens with zero attached hydrogens (tertiary/aromatic N) is 1. The van der Waals surface area contributed by atoms with Crippen LogP contribution in [0.25, 0.3) is 22.0 Å². The number of H-pyrrole nitrogens is 1. The van der Waals surface area contributed by atoms with Crippen molar-refractivity contribution in [3.05, 3.63) is 57.8 Å². The largest absolute Gasteiger partial charge is 0.494 e. The molecule has 1 aromatic heterocycles. The van der Waals surface area contributed by atoms with E-state index in [0.717, 1.165) is 23.8 Å². The number of benzene rings is 2. The van der Waals surface area contributed by atoms with E-state index in [1.807, 2.05) is 30.3 Å². The Morgan fingerprint density at radius 2 is 2.04 bits per heavy atom. The van der Waals surface area contributed by atoms with Crippen molar-refractivity contribution >= 4 is 22.4 Å². The molecule has 0 bridgehead atoms. The molecule has 0 radical (unpaired) electrons. The number of unbranched alkanes of at least 4 members (excludes halogenated alkanes) is 1. The minimum atomic E-state index is -0.230. The molecule has 0 spiro atoms. The predicted octanol–water partition coefficient (Wildman–Crippen LogP) is 4.42. The number of hydrogen-bond donors (Lipinski definition) is 1. The molecule has 0 aliphatic heterocycles. The first-order valence-electron chi connectivity index (χ1n) is 7.60. The van der Waals surface area contributed by atoms with Crippen LogP contribution in [0.5, 0.6) is 5.75 Å². The van der Waals surface area contributed by atoms with Gasteiger partial charge in [0, 0.05) is 16.0 Å². The van der Waals surface area contributed by atoms with Crippen molar-refractivity contribution in [2.45, 2.75) is 19.8 Å². The summed E-state index contributed by atoms with van der Waals surface area (Å²) in [5, 5.41) is 8.70. The summed E-state index contributed by atoms with van der Waals surface area (Å²) in [5.74, 6) is 0.694. The van der Waals surface area contributed by atoms with Crippen LogP contribution in [0, 0.1) is 0 Å². The standard InChI is InChI=1S/C18H17ClN2O2/c1-2-3-9-23-14-7-8-15-16(11-14)18(22)21-20-17(15)12-5-4-6-13(19)10-12/h4-8,10-11H,2-3,9H2,1H3,(H,21,22). The van der Waals surface area contributed by atoms with Crippen molar-refractivity contribution < 1.29 is 4.74 Å². The smallest absolute Gasteiger partial charge is 0.272 e. The van der Waals surface area contributed by atoms with Crippen LogP contribution in [0.4, 0.5) is 0 Å². The number of nitrogens with one attached hydrogen (secondary N) is 1. The van der Waals surface area contributed by atoms with Gasteiger partial charge in [0.2, 0.25) is 0 Å². The van der Waals surface area contributed by atoms with E-state index in [-0.39, 0.29) is 5.56 Å². The van der Waals surface area contributed by atoms with Crippen LogP contribution in [0.2, 0.25) is 5.02 Å². The molecule has 0 atom stereocenters. The lowest BCUT2D eigenvalue weighted by Crippen LogP contribution is -2.10. The molecule has 0 fully saturated rings. The average molecular weight is 329 g/mol. The summed E-state index contributed by atoms with van der Waals surface area (Å²) in [4.78, 5) is 12.1. The zero-order valence-electron chi connectivity index (χ0n) is 12.8. The number of hydrogen-bond acceptors (Lipinski definition) is 3. The van der Waals surface area contributed by atoms with Gasteiger partial charge in [0.05, 0.1) is 17.7 Å². The molecule has 3 rings (SSSR count). The van der Waals surface area contributed by atoms with Crippen molar-refractivity contribution in [2.75, 3.05) is 6.61 Å². The summed E-state index contributed by atoms with van der Waals surface area (Å²) in [6.07, 6.45) is 2.05. The van der Waals surface area contributed by atoms with Crippen molar-refractivity contribution in [3.63, 3.8) is 0 Å². The third-order valence-corrected chi connectivity index (χ3v) is 3.86. The fraction of sp³-hybridized carbons (Fsp3) is 0.222. The molecule has 0 unspecified atom stereocenters. The van der Waals surface area contributed by atoms with Crippen LogP contribution in [-0.2, 0) is 0 Å². The zero-order valence-corrected chi connectivity index (χ0v) is 13.6. The highest BCUT2D eigenvalue weighted by atomic mass is 35.5. The molecule has 3 aromatic rings. The van der Waals surface area contributed by atoms with E-state index in [4.69, 9.17) is 16.3 Å². The Balaban J connectivity index is 2.08. The molecular weight excluding hydrogens is 312 g/mol. The van der Waals surface area contributed by atoms with Gasteiger partial charge in [-0.05, 0) is 36.8 Å². The average Bonchev–Trinajstić information content (AvgIpc) is 2.56. The van der Waals surface area contributed by atoms with E-state index in [1.54, 1.807) is 12.1 Å². The highest BCUT2D eigenvalue weighted by Crippen LogP contribution is 2.28. The maximum absolute atomic E-state index is 12.1. The maximum Gasteiger partial charge on any atom is 0.272 e. The zero-order chi connectivity index (χ0) is 16.2. The van der Waals surface area contributed by atoms with Gasteiger partial charge in [-0.2, -0.15) is 5.10 Å². The molecule has 23 heavy (non-hydrogen) atoms. The van der Waals surface area contributed by atoms with Crippen molar-refractivity contribution in [3.8, 4) is 17.0 Å². The Kier molecular flexibility index (Phi) is 4.63. The van der Waals surface area contributed by atoms with Crippen LogP contribution in [0.15, 0.2) is 47.3 Å². The van der Waals surface area contributed by atoms with Gasteiger partial charge >= 0.3 is 0 Å². The third kappa shape index (κ3) is 3.37. The first-order chi connectivity index (χ1) is 11.2. The van der Waals surface area contributed by atoms with Gasteiger partial charge < -0.3 is 4.74 Å². The second kappa shape index (κ2) is 6.84. The Morgan fingerprint density at radius 1 is 1.17 bits per heavy atom. The maximum atomic E-state index is 12.1. The van der Waals surface area contributed by atoms with Gasteiger partial charge in [0.25, 0.3) is 5.56 Å². The van der Waals surface area contributed by atoms with Gasteiger partial charge in [0.1, 0.15) is 5.75 Å². The molecule has 0 saturated heterocycles. The molecular formula is C18H17ClN2O2. The summed E-state index contributed by atoms with van der Waals surface area (Å²) in [6, 6.07) is 12.9. The minimum Gasteiger partial charge on any atom is -0.494 e. The van der Waals surface area contributed by atoms with Crippen LogP contribution in [0.1, 0.15) is 19.8 Å². The number of fused-ring (bicyclic) bond motifs is 1. The normalized spacial score (nSPS) is 10.9. The number of ether oxygens (including phenoxy) is 1. The van der Waals surface area contributed by atoms with Gasteiger partial charge in [-0.3, -0.25) is 4.79 Å². The van der Waals surface area contributed by atoms with Gasteiger partial charge in [-0.15, -0.1) is 0 Å².